The van der Waals surface area contributed by atoms with E-state index in [1.807, 2.05) is 12.1 Å². The summed E-state index contributed by atoms with van der Waals surface area (Å²) in [5.41, 5.74) is 1.53. The van der Waals surface area contributed by atoms with Crippen LogP contribution >= 0.6 is 0 Å². The summed E-state index contributed by atoms with van der Waals surface area (Å²) >= 11 is 0. The molecule has 3 aromatic rings. The molecular formula is C24H24N4O4. The molecule has 0 aliphatic rings. The summed E-state index contributed by atoms with van der Waals surface area (Å²) in [5, 5.41) is 17.3. The molecule has 0 spiro atoms. The Labute approximate surface area is 185 Å². The van der Waals surface area contributed by atoms with Gasteiger partial charge in [0.2, 0.25) is 11.8 Å². The zero-order valence-corrected chi connectivity index (χ0v) is 17.5. The first-order valence-corrected chi connectivity index (χ1v) is 10.0. The fourth-order valence-electron chi connectivity index (χ4n) is 3.06. The van der Waals surface area contributed by atoms with Crippen LogP contribution in [0.15, 0.2) is 84.9 Å². The van der Waals surface area contributed by atoms with Gasteiger partial charge in [0.15, 0.2) is 0 Å². The van der Waals surface area contributed by atoms with Crippen molar-refractivity contribution >= 4 is 34.9 Å². The minimum Gasteiger partial charge on any atom is -0.508 e. The molecule has 0 aromatic heterocycles. The van der Waals surface area contributed by atoms with Crippen molar-refractivity contribution in [1.29, 1.82) is 0 Å². The average Bonchev–Trinajstić information content (AvgIpc) is 2.79. The molecule has 0 bridgehead atoms. The Morgan fingerprint density at radius 3 is 2.12 bits per heavy atom. The Bertz CT molecular complexity index is 1070. The number of carbonyl (C=O) groups excluding carboxylic acids is 3. The van der Waals surface area contributed by atoms with Gasteiger partial charge in [-0.25, -0.2) is 4.79 Å². The Morgan fingerprint density at radius 2 is 1.47 bits per heavy atom. The highest BCUT2D eigenvalue weighted by Gasteiger charge is 2.27. The number of phenols is 1. The number of amides is 4. The summed E-state index contributed by atoms with van der Waals surface area (Å²) < 4.78 is 0. The number of rotatable bonds is 7. The lowest BCUT2D eigenvalue weighted by atomic mass is 10.2. The van der Waals surface area contributed by atoms with Gasteiger partial charge in [0.05, 0.1) is 6.54 Å². The van der Waals surface area contributed by atoms with E-state index in [0.717, 1.165) is 0 Å². The predicted octanol–water partition coefficient (Wildman–Crippen LogP) is 3.57. The zero-order chi connectivity index (χ0) is 22.9. The molecule has 4 N–H and O–H groups in total. The highest BCUT2D eigenvalue weighted by molar-refractivity contribution is 6.06. The molecule has 0 heterocycles. The van der Waals surface area contributed by atoms with Gasteiger partial charge in [-0.2, -0.15) is 0 Å². The summed E-state index contributed by atoms with van der Waals surface area (Å²) in [7, 11) is 0. The zero-order valence-electron chi connectivity index (χ0n) is 17.5. The third kappa shape index (κ3) is 6.09. The van der Waals surface area contributed by atoms with Crippen molar-refractivity contribution in [2.45, 2.75) is 13.0 Å². The van der Waals surface area contributed by atoms with E-state index in [2.05, 4.69) is 16.0 Å². The smallest absolute Gasteiger partial charge is 0.319 e. The number of nitrogens with one attached hydrogen (secondary N) is 3. The Morgan fingerprint density at radius 1 is 0.844 bits per heavy atom. The van der Waals surface area contributed by atoms with Crippen LogP contribution in [0.4, 0.5) is 21.9 Å². The second kappa shape index (κ2) is 10.6. The van der Waals surface area contributed by atoms with E-state index in [4.69, 9.17) is 0 Å². The van der Waals surface area contributed by atoms with Crippen LogP contribution in [0.1, 0.15) is 6.92 Å². The van der Waals surface area contributed by atoms with Crippen molar-refractivity contribution in [3.63, 3.8) is 0 Å². The normalized spacial score (nSPS) is 11.2. The molecule has 3 aromatic carbocycles. The highest BCUT2D eigenvalue weighted by atomic mass is 16.3. The third-order valence-electron chi connectivity index (χ3n) is 4.62. The summed E-state index contributed by atoms with van der Waals surface area (Å²) in [6, 6.07) is 22.3. The summed E-state index contributed by atoms with van der Waals surface area (Å²) in [6.07, 6.45) is 0. The van der Waals surface area contributed by atoms with Gasteiger partial charge in [-0.1, -0.05) is 42.5 Å². The number of para-hydroxylation sites is 2. The van der Waals surface area contributed by atoms with E-state index in [1.54, 1.807) is 67.6 Å². The van der Waals surface area contributed by atoms with E-state index < -0.39 is 18.0 Å². The first-order valence-electron chi connectivity index (χ1n) is 10.0. The van der Waals surface area contributed by atoms with Gasteiger partial charge < -0.3 is 21.1 Å². The average molecular weight is 432 g/mol. The van der Waals surface area contributed by atoms with E-state index in [1.165, 1.54) is 17.0 Å². The molecule has 0 saturated heterocycles. The van der Waals surface area contributed by atoms with Gasteiger partial charge >= 0.3 is 6.03 Å². The summed E-state index contributed by atoms with van der Waals surface area (Å²) in [6.45, 7) is 1.29. The largest absolute Gasteiger partial charge is 0.508 e. The molecule has 0 fully saturated rings. The van der Waals surface area contributed by atoms with Crippen LogP contribution < -0.4 is 20.9 Å². The fraction of sp³-hybridized carbons (Fsp3) is 0.125. The fourth-order valence-corrected chi connectivity index (χ4v) is 3.06. The van der Waals surface area contributed by atoms with Crippen molar-refractivity contribution in [3.8, 4) is 5.75 Å². The number of urea groups is 1. The molecule has 4 amide bonds. The van der Waals surface area contributed by atoms with Gasteiger partial charge in [-0.05, 0) is 43.3 Å². The lowest BCUT2D eigenvalue weighted by Crippen LogP contribution is -2.50. The van der Waals surface area contributed by atoms with Crippen molar-refractivity contribution in [2.24, 2.45) is 0 Å². The first kappa shape index (κ1) is 22.4. The van der Waals surface area contributed by atoms with Gasteiger partial charge in [-0.3, -0.25) is 14.5 Å². The molecule has 164 valence electrons. The molecule has 8 heteroatoms. The molecule has 1 unspecified atom stereocenters. The van der Waals surface area contributed by atoms with Crippen molar-refractivity contribution in [2.75, 3.05) is 22.1 Å². The maximum Gasteiger partial charge on any atom is 0.319 e. The predicted molar refractivity (Wildman–Crippen MR) is 124 cm³/mol. The van der Waals surface area contributed by atoms with Gasteiger partial charge in [-0.15, -0.1) is 0 Å². The Balaban J connectivity index is 1.68. The van der Waals surface area contributed by atoms with Crippen LogP contribution in [0.3, 0.4) is 0 Å². The monoisotopic (exact) mass is 432 g/mol. The SMILES string of the molecule is CC(C(=O)Nc1ccccc1)N(C(=O)CNC(=O)Nc1cccc(O)c1)c1ccccc1. The quantitative estimate of drug-likeness (QED) is 0.457. The van der Waals surface area contributed by atoms with E-state index in [9.17, 15) is 19.5 Å². The van der Waals surface area contributed by atoms with Crippen LogP contribution in [0, 0.1) is 0 Å². The van der Waals surface area contributed by atoms with Crippen LogP contribution in [0.25, 0.3) is 0 Å². The number of anilines is 3. The maximum atomic E-state index is 13.0. The van der Waals surface area contributed by atoms with E-state index in [0.29, 0.717) is 17.1 Å². The number of hydrogen-bond donors (Lipinski definition) is 4. The second-order valence-corrected chi connectivity index (χ2v) is 6.99. The van der Waals surface area contributed by atoms with E-state index in [-0.39, 0.29) is 18.2 Å². The summed E-state index contributed by atoms with van der Waals surface area (Å²) in [5.74, 6) is -0.817. The first-order chi connectivity index (χ1) is 15.4. The molecular weight excluding hydrogens is 408 g/mol. The minimum absolute atomic E-state index is 0.00684. The standard InChI is InChI=1S/C24H24N4O4/c1-17(23(31)26-18-9-4-2-5-10-18)28(20-12-6-3-7-13-20)22(30)16-25-24(32)27-19-11-8-14-21(29)15-19/h2-15,17,29H,16H2,1H3,(H,26,31)(H2,25,27,32). The van der Waals surface area contributed by atoms with Gasteiger partial charge in [0.1, 0.15) is 11.8 Å². The lowest BCUT2D eigenvalue weighted by molar-refractivity contribution is -0.122. The number of nitrogens with zero attached hydrogens (tertiary/aromatic N) is 1. The van der Waals surface area contributed by atoms with E-state index >= 15 is 0 Å². The molecule has 0 saturated carbocycles. The maximum absolute atomic E-state index is 13.0. The molecule has 32 heavy (non-hydrogen) atoms. The van der Waals surface area contributed by atoms with Crippen molar-refractivity contribution in [3.05, 3.63) is 84.9 Å². The Hall–Kier alpha value is -4.33. The topological polar surface area (TPSA) is 111 Å². The molecule has 3 rings (SSSR count). The summed E-state index contributed by atoms with van der Waals surface area (Å²) in [4.78, 5) is 39.3. The van der Waals surface area contributed by atoms with Crippen LogP contribution in [0.2, 0.25) is 0 Å². The van der Waals surface area contributed by atoms with Gasteiger partial charge in [0, 0.05) is 23.1 Å². The second-order valence-electron chi connectivity index (χ2n) is 6.99. The van der Waals surface area contributed by atoms with Crippen molar-refractivity contribution in [1.82, 2.24) is 5.32 Å². The van der Waals surface area contributed by atoms with Crippen LogP contribution in [-0.2, 0) is 9.59 Å². The molecule has 0 radical (unpaired) electrons. The van der Waals surface area contributed by atoms with Crippen molar-refractivity contribution < 1.29 is 19.5 Å². The number of hydrogen-bond acceptors (Lipinski definition) is 4. The number of benzene rings is 3. The molecule has 1 atom stereocenters. The third-order valence-corrected chi connectivity index (χ3v) is 4.62. The number of aromatic hydroxyl groups is 1. The van der Waals surface area contributed by atoms with Gasteiger partial charge in [0.25, 0.3) is 0 Å². The number of phenolic OH excluding ortho intramolecular Hbond substituents is 1. The Kier molecular flexibility index (Phi) is 7.42. The van der Waals surface area contributed by atoms with Crippen LogP contribution in [0.5, 0.6) is 5.75 Å². The lowest BCUT2D eigenvalue weighted by Gasteiger charge is -2.28. The number of carbonyl (C=O) groups is 3. The minimum atomic E-state index is -0.832. The molecule has 0 aliphatic carbocycles. The molecule has 0 aliphatic heterocycles. The highest BCUT2D eigenvalue weighted by Crippen LogP contribution is 2.19. The van der Waals surface area contributed by atoms with Crippen LogP contribution in [-0.4, -0.2) is 35.5 Å². The molecule has 8 nitrogen and oxygen atoms in total.